The number of aliphatic hydroxyl groups is 1. The Morgan fingerprint density at radius 1 is 1.42 bits per heavy atom. The molecule has 5 heteroatoms. The third-order valence-electron chi connectivity index (χ3n) is 1.40. The van der Waals surface area contributed by atoms with Crippen LogP contribution in [0.5, 0.6) is 5.75 Å². The van der Waals surface area contributed by atoms with Crippen molar-refractivity contribution in [3.05, 3.63) is 28.3 Å². The molecule has 66 valence electrons. The van der Waals surface area contributed by atoms with E-state index in [1.165, 1.54) is 0 Å². The van der Waals surface area contributed by atoms with Gasteiger partial charge < -0.3 is 10.2 Å². The topological polar surface area (TPSA) is 40.5 Å². The molecule has 2 nitrogen and oxygen atoms in total. The molecule has 0 spiro atoms. The average molecular weight is 195 g/mol. The quantitative estimate of drug-likeness (QED) is 0.670. The van der Waals surface area contributed by atoms with Crippen molar-refractivity contribution in [3.8, 4) is 5.75 Å². The fourth-order valence-corrected chi connectivity index (χ4v) is 0.989. The summed E-state index contributed by atoms with van der Waals surface area (Å²) in [5.41, 5.74) is -0.528. The summed E-state index contributed by atoms with van der Waals surface area (Å²) in [6.45, 7) is -0.796. The number of aliphatic hydroxyl groups excluding tert-OH is 1. The van der Waals surface area contributed by atoms with Gasteiger partial charge in [0, 0.05) is 0 Å². The van der Waals surface area contributed by atoms with Gasteiger partial charge in [0.05, 0.1) is 17.2 Å². The third kappa shape index (κ3) is 1.35. The van der Waals surface area contributed by atoms with Gasteiger partial charge in [-0.3, -0.25) is 0 Å². The molecule has 0 bridgehead atoms. The van der Waals surface area contributed by atoms with Crippen molar-refractivity contribution in [2.24, 2.45) is 0 Å². The van der Waals surface area contributed by atoms with Crippen LogP contribution in [0.1, 0.15) is 5.56 Å². The Kier molecular flexibility index (Phi) is 2.49. The molecule has 0 fully saturated rings. The minimum atomic E-state index is -1.05. The number of rotatable bonds is 1. The molecule has 0 saturated heterocycles. The molecule has 0 aromatic heterocycles. The lowest BCUT2D eigenvalue weighted by Crippen LogP contribution is -1.94. The normalized spacial score (nSPS) is 10.3. The largest absolute Gasteiger partial charge is 0.504 e. The molecular formula is C7H5ClF2O2. The Balaban J connectivity index is 3.42. The van der Waals surface area contributed by atoms with Crippen molar-refractivity contribution in [2.75, 3.05) is 0 Å². The van der Waals surface area contributed by atoms with Gasteiger partial charge in [-0.2, -0.15) is 0 Å². The van der Waals surface area contributed by atoms with Crippen LogP contribution in [-0.2, 0) is 6.61 Å². The predicted molar refractivity (Wildman–Crippen MR) is 39.0 cm³/mol. The molecular weight excluding hydrogens is 190 g/mol. The monoisotopic (exact) mass is 194 g/mol. The molecule has 2 N–H and O–H groups in total. The highest BCUT2D eigenvalue weighted by Gasteiger charge is 2.15. The van der Waals surface area contributed by atoms with E-state index in [1.54, 1.807) is 0 Å². The fraction of sp³-hybridized carbons (Fsp3) is 0.143. The molecule has 0 aliphatic carbocycles. The average Bonchev–Trinajstić information content (AvgIpc) is 2.02. The summed E-state index contributed by atoms with van der Waals surface area (Å²) in [7, 11) is 0. The lowest BCUT2D eigenvalue weighted by Gasteiger charge is -2.04. The molecule has 1 aromatic rings. The second-order valence-electron chi connectivity index (χ2n) is 2.14. The van der Waals surface area contributed by atoms with Crippen LogP contribution in [-0.4, -0.2) is 10.2 Å². The highest BCUT2D eigenvalue weighted by Crippen LogP contribution is 2.29. The van der Waals surface area contributed by atoms with Gasteiger partial charge in [0.15, 0.2) is 17.4 Å². The molecule has 0 radical (unpaired) electrons. The van der Waals surface area contributed by atoms with Crippen molar-refractivity contribution in [1.29, 1.82) is 0 Å². The van der Waals surface area contributed by atoms with E-state index in [4.69, 9.17) is 21.8 Å². The van der Waals surface area contributed by atoms with E-state index in [0.717, 1.165) is 0 Å². The van der Waals surface area contributed by atoms with Crippen LogP contribution >= 0.6 is 11.6 Å². The minimum absolute atomic E-state index is 0.464. The van der Waals surface area contributed by atoms with E-state index in [-0.39, 0.29) is 0 Å². The van der Waals surface area contributed by atoms with Crippen LogP contribution < -0.4 is 0 Å². The Labute approximate surface area is 72.0 Å². The van der Waals surface area contributed by atoms with Gasteiger partial charge in [-0.15, -0.1) is 0 Å². The van der Waals surface area contributed by atoms with Gasteiger partial charge in [0.2, 0.25) is 0 Å². The van der Waals surface area contributed by atoms with Gasteiger partial charge in [-0.1, -0.05) is 11.6 Å². The van der Waals surface area contributed by atoms with Crippen LogP contribution in [0.15, 0.2) is 6.07 Å². The first-order valence-corrected chi connectivity index (χ1v) is 3.42. The maximum Gasteiger partial charge on any atom is 0.166 e. The van der Waals surface area contributed by atoms with Crippen molar-refractivity contribution >= 4 is 11.6 Å². The molecule has 0 saturated carbocycles. The molecule has 12 heavy (non-hydrogen) atoms. The number of hydrogen-bond donors (Lipinski definition) is 2. The zero-order chi connectivity index (χ0) is 9.30. The molecule has 1 aromatic carbocycles. The Bertz CT molecular complexity index is 289. The van der Waals surface area contributed by atoms with E-state index < -0.39 is 34.6 Å². The minimum Gasteiger partial charge on any atom is -0.504 e. The fourth-order valence-electron chi connectivity index (χ4n) is 0.780. The van der Waals surface area contributed by atoms with Crippen LogP contribution in [0, 0.1) is 11.6 Å². The van der Waals surface area contributed by atoms with Crippen molar-refractivity contribution < 1.29 is 19.0 Å². The first-order valence-electron chi connectivity index (χ1n) is 3.04. The standard InChI is InChI=1S/C7H5ClF2O2/c8-4-1-5(9)7(12)3(2-11)6(4)10/h1,11-12H,2H2. The van der Waals surface area contributed by atoms with Crippen LogP contribution in [0.3, 0.4) is 0 Å². The van der Waals surface area contributed by atoms with Crippen molar-refractivity contribution in [3.63, 3.8) is 0 Å². The van der Waals surface area contributed by atoms with Crippen molar-refractivity contribution in [2.45, 2.75) is 6.61 Å². The second kappa shape index (κ2) is 3.25. The first kappa shape index (κ1) is 9.22. The smallest absolute Gasteiger partial charge is 0.166 e. The van der Waals surface area contributed by atoms with Crippen molar-refractivity contribution in [1.82, 2.24) is 0 Å². The summed E-state index contributed by atoms with van der Waals surface area (Å²) in [5, 5.41) is 16.9. The maximum absolute atomic E-state index is 12.8. The SMILES string of the molecule is OCc1c(O)c(F)cc(Cl)c1F. The lowest BCUT2D eigenvalue weighted by atomic mass is 10.2. The van der Waals surface area contributed by atoms with E-state index in [9.17, 15) is 8.78 Å². The lowest BCUT2D eigenvalue weighted by molar-refractivity contribution is 0.266. The van der Waals surface area contributed by atoms with Crippen LogP contribution in [0.2, 0.25) is 5.02 Å². The molecule has 0 aliphatic heterocycles. The van der Waals surface area contributed by atoms with E-state index >= 15 is 0 Å². The Hall–Kier alpha value is -0.870. The molecule has 0 unspecified atom stereocenters. The van der Waals surface area contributed by atoms with Gasteiger partial charge in [-0.05, 0) is 6.07 Å². The second-order valence-corrected chi connectivity index (χ2v) is 2.55. The summed E-state index contributed by atoms with van der Waals surface area (Å²) in [4.78, 5) is 0. The summed E-state index contributed by atoms with van der Waals surface area (Å²) >= 11 is 5.23. The third-order valence-corrected chi connectivity index (χ3v) is 1.67. The summed E-state index contributed by atoms with van der Waals surface area (Å²) in [6, 6.07) is 0.644. The molecule has 0 atom stereocenters. The summed E-state index contributed by atoms with van der Waals surface area (Å²) < 4.78 is 25.4. The highest BCUT2D eigenvalue weighted by atomic mass is 35.5. The number of aromatic hydroxyl groups is 1. The van der Waals surface area contributed by atoms with E-state index in [2.05, 4.69) is 0 Å². The Morgan fingerprint density at radius 3 is 2.50 bits per heavy atom. The summed E-state index contributed by atoms with van der Waals surface area (Å²) in [6.07, 6.45) is 0. The zero-order valence-corrected chi connectivity index (χ0v) is 6.57. The maximum atomic E-state index is 12.8. The number of phenols is 1. The molecule has 1 rings (SSSR count). The van der Waals surface area contributed by atoms with Gasteiger partial charge in [0.25, 0.3) is 0 Å². The highest BCUT2D eigenvalue weighted by molar-refractivity contribution is 6.30. The molecule has 0 heterocycles. The number of hydrogen-bond acceptors (Lipinski definition) is 2. The zero-order valence-electron chi connectivity index (χ0n) is 5.81. The number of benzene rings is 1. The van der Waals surface area contributed by atoms with Gasteiger partial charge >= 0.3 is 0 Å². The van der Waals surface area contributed by atoms with Gasteiger partial charge in [-0.25, -0.2) is 8.78 Å². The molecule has 0 amide bonds. The Morgan fingerprint density at radius 2 is 2.00 bits per heavy atom. The van der Waals surface area contributed by atoms with Crippen LogP contribution in [0.25, 0.3) is 0 Å². The van der Waals surface area contributed by atoms with Crippen LogP contribution in [0.4, 0.5) is 8.78 Å². The first-order chi connectivity index (χ1) is 5.57. The van der Waals surface area contributed by atoms with E-state index in [1.807, 2.05) is 0 Å². The number of halogens is 3. The van der Waals surface area contributed by atoms with E-state index in [0.29, 0.717) is 6.07 Å². The molecule has 0 aliphatic rings. The predicted octanol–water partition coefficient (Wildman–Crippen LogP) is 1.82. The summed E-state index contributed by atoms with van der Waals surface area (Å²) in [5.74, 6) is -2.96. The van der Waals surface area contributed by atoms with Gasteiger partial charge in [0.1, 0.15) is 0 Å².